The van der Waals surface area contributed by atoms with Crippen molar-refractivity contribution in [3.63, 3.8) is 0 Å². The summed E-state index contributed by atoms with van der Waals surface area (Å²) >= 11 is 12.6. The van der Waals surface area contributed by atoms with Crippen LogP contribution in [0, 0.1) is 6.92 Å². The van der Waals surface area contributed by atoms with Crippen LogP contribution in [0.1, 0.15) is 51.0 Å². The van der Waals surface area contributed by atoms with Gasteiger partial charge in [0.05, 0.1) is 0 Å². The molecule has 3 aromatic rings. The van der Waals surface area contributed by atoms with Gasteiger partial charge in [-0.05, 0) is 58.0 Å². The topological polar surface area (TPSA) is 105 Å². The van der Waals surface area contributed by atoms with E-state index < -0.39 is 29.3 Å². The first-order chi connectivity index (χ1) is 16.9. The lowest BCUT2D eigenvalue weighted by molar-refractivity contribution is -0.128. The van der Waals surface area contributed by atoms with Gasteiger partial charge >= 0.3 is 0 Å². The maximum atomic E-state index is 13.6. The highest BCUT2D eigenvalue weighted by Gasteiger charge is 2.35. The minimum absolute atomic E-state index is 0.134. The molecule has 8 nitrogen and oxygen atoms in total. The molecule has 1 heterocycles. The van der Waals surface area contributed by atoms with Crippen molar-refractivity contribution >= 4 is 52.4 Å². The molecule has 190 valence electrons. The molecule has 0 fully saturated rings. The highest BCUT2D eigenvalue weighted by Crippen LogP contribution is 2.34. The van der Waals surface area contributed by atoms with Crippen LogP contribution < -0.4 is 15.5 Å². The molecule has 3 amide bonds. The van der Waals surface area contributed by atoms with Gasteiger partial charge in [0, 0.05) is 45.7 Å². The first-order valence-electron chi connectivity index (χ1n) is 11.3. The van der Waals surface area contributed by atoms with Gasteiger partial charge in [-0.2, -0.15) is 0 Å². The monoisotopic (exact) mass is 530 g/mol. The van der Waals surface area contributed by atoms with Gasteiger partial charge < -0.3 is 15.2 Å². The maximum Gasteiger partial charge on any atom is 0.248 e. The SMILES string of the molecule is Cc1cc(NC(=O)CCC(=O)N(c2ccc(Cl)cc2)[C@H](C(=O)NC(C)(C)C)c2ccccc2Cl)no1. The van der Waals surface area contributed by atoms with E-state index in [0.29, 0.717) is 27.1 Å². The van der Waals surface area contributed by atoms with Crippen molar-refractivity contribution < 1.29 is 18.9 Å². The fraction of sp³-hybridized carbons (Fsp3) is 0.308. The standard InChI is InChI=1S/C26H28Cl2N4O4/c1-16-15-21(31-36-16)29-22(33)13-14-23(34)32(18-11-9-17(27)10-12-18)24(25(35)30-26(2,3)4)19-7-5-6-8-20(19)28/h5-12,15,24H,13-14H2,1-4H3,(H,30,35)(H,29,31,33)/t24-/m0/s1. The molecule has 0 saturated carbocycles. The van der Waals surface area contributed by atoms with Gasteiger partial charge in [0.1, 0.15) is 11.8 Å². The van der Waals surface area contributed by atoms with E-state index >= 15 is 0 Å². The molecule has 0 radical (unpaired) electrons. The summed E-state index contributed by atoms with van der Waals surface area (Å²) in [6.07, 6.45) is -0.306. The fourth-order valence-corrected chi connectivity index (χ4v) is 3.91. The smallest absolute Gasteiger partial charge is 0.248 e. The number of rotatable bonds is 8. The minimum Gasteiger partial charge on any atom is -0.360 e. The normalized spacial score (nSPS) is 12.1. The lowest BCUT2D eigenvalue weighted by Gasteiger charge is -2.34. The molecule has 0 bridgehead atoms. The van der Waals surface area contributed by atoms with Crippen LogP contribution in [-0.2, 0) is 14.4 Å². The number of aromatic nitrogens is 1. The van der Waals surface area contributed by atoms with E-state index in [2.05, 4.69) is 15.8 Å². The Bertz CT molecular complexity index is 1240. The van der Waals surface area contributed by atoms with Crippen molar-refractivity contribution in [3.05, 3.63) is 76.0 Å². The quantitative estimate of drug-likeness (QED) is 0.388. The van der Waals surface area contributed by atoms with E-state index in [1.54, 1.807) is 61.5 Å². The van der Waals surface area contributed by atoms with Crippen molar-refractivity contribution in [1.82, 2.24) is 10.5 Å². The molecule has 0 spiro atoms. The summed E-state index contributed by atoms with van der Waals surface area (Å²) in [5, 5.41) is 10.1. The highest BCUT2D eigenvalue weighted by molar-refractivity contribution is 6.32. The molecule has 3 rings (SSSR count). The van der Waals surface area contributed by atoms with E-state index in [-0.39, 0.29) is 18.7 Å². The van der Waals surface area contributed by atoms with Crippen LogP contribution in [0.15, 0.2) is 59.1 Å². The number of carbonyl (C=O) groups excluding carboxylic acids is 3. The number of nitrogens with one attached hydrogen (secondary N) is 2. The average Bonchev–Trinajstić information content (AvgIpc) is 3.20. The van der Waals surface area contributed by atoms with Crippen LogP contribution in [0.2, 0.25) is 10.0 Å². The van der Waals surface area contributed by atoms with E-state index in [4.69, 9.17) is 27.7 Å². The number of halogens is 2. The Balaban J connectivity index is 1.96. The molecule has 0 aliphatic heterocycles. The van der Waals surface area contributed by atoms with Crippen LogP contribution in [-0.4, -0.2) is 28.4 Å². The first kappa shape index (κ1) is 27.2. The van der Waals surface area contributed by atoms with Gasteiger partial charge in [-0.25, -0.2) is 0 Å². The third kappa shape index (κ3) is 7.32. The number of hydrogen-bond acceptors (Lipinski definition) is 5. The van der Waals surface area contributed by atoms with Crippen molar-refractivity contribution in [2.24, 2.45) is 0 Å². The Labute approximate surface area is 219 Å². The largest absolute Gasteiger partial charge is 0.360 e. The maximum absolute atomic E-state index is 13.6. The first-order valence-corrected chi connectivity index (χ1v) is 12.1. The van der Waals surface area contributed by atoms with E-state index in [1.165, 1.54) is 4.90 Å². The Hall–Kier alpha value is -3.36. The third-order valence-corrected chi connectivity index (χ3v) is 5.64. The number of hydrogen-bond donors (Lipinski definition) is 2. The molecule has 0 saturated heterocycles. The minimum atomic E-state index is -1.09. The van der Waals surface area contributed by atoms with Crippen LogP contribution in [0.4, 0.5) is 11.5 Å². The number of carbonyl (C=O) groups is 3. The van der Waals surface area contributed by atoms with Crippen molar-refractivity contribution in [1.29, 1.82) is 0 Å². The summed E-state index contributed by atoms with van der Waals surface area (Å²) in [5.74, 6) is -0.471. The summed E-state index contributed by atoms with van der Waals surface area (Å²) in [7, 11) is 0. The molecule has 36 heavy (non-hydrogen) atoms. The molecule has 0 unspecified atom stereocenters. The summed E-state index contributed by atoms with van der Waals surface area (Å²) in [6, 6.07) is 13.9. The van der Waals surface area contributed by atoms with Crippen LogP contribution in [0.25, 0.3) is 0 Å². The van der Waals surface area contributed by atoms with Gasteiger partial charge in [-0.1, -0.05) is 46.6 Å². The molecule has 1 aromatic heterocycles. The summed E-state index contributed by atoms with van der Waals surface area (Å²) in [4.78, 5) is 41.1. The molecule has 0 aliphatic carbocycles. The molecule has 2 N–H and O–H groups in total. The van der Waals surface area contributed by atoms with Gasteiger partial charge in [0.25, 0.3) is 0 Å². The zero-order chi connectivity index (χ0) is 26.5. The van der Waals surface area contributed by atoms with Crippen LogP contribution in [0.5, 0.6) is 0 Å². The van der Waals surface area contributed by atoms with Gasteiger partial charge in [0.15, 0.2) is 5.82 Å². The second kappa shape index (κ2) is 11.6. The summed E-state index contributed by atoms with van der Waals surface area (Å²) in [6.45, 7) is 7.24. The second-order valence-electron chi connectivity index (χ2n) is 9.27. The number of benzene rings is 2. The van der Waals surface area contributed by atoms with Crippen molar-refractivity contribution in [2.45, 2.75) is 52.1 Å². The van der Waals surface area contributed by atoms with Gasteiger partial charge in [-0.3, -0.25) is 19.3 Å². The molecule has 10 heteroatoms. The molecule has 0 aliphatic rings. The van der Waals surface area contributed by atoms with Crippen LogP contribution >= 0.6 is 23.2 Å². The number of amides is 3. The Morgan fingerprint density at radius 3 is 2.28 bits per heavy atom. The number of anilines is 2. The van der Waals surface area contributed by atoms with Gasteiger partial charge in [0.2, 0.25) is 17.7 Å². The summed E-state index contributed by atoms with van der Waals surface area (Å²) in [5.41, 5.74) is 0.318. The molecule has 2 aromatic carbocycles. The van der Waals surface area contributed by atoms with Crippen molar-refractivity contribution in [3.8, 4) is 0 Å². The van der Waals surface area contributed by atoms with Crippen LogP contribution in [0.3, 0.4) is 0 Å². The lowest BCUT2D eigenvalue weighted by atomic mass is 10.00. The van der Waals surface area contributed by atoms with Crippen molar-refractivity contribution in [2.75, 3.05) is 10.2 Å². The van der Waals surface area contributed by atoms with E-state index in [1.807, 2.05) is 20.8 Å². The lowest BCUT2D eigenvalue weighted by Crippen LogP contribution is -2.49. The zero-order valence-corrected chi connectivity index (χ0v) is 22.0. The predicted molar refractivity (Wildman–Crippen MR) is 140 cm³/mol. The second-order valence-corrected chi connectivity index (χ2v) is 10.1. The average molecular weight is 531 g/mol. The molecular weight excluding hydrogens is 503 g/mol. The molecular formula is C26H28Cl2N4O4. The summed E-state index contributed by atoms with van der Waals surface area (Å²) < 4.78 is 4.95. The van der Waals surface area contributed by atoms with E-state index in [0.717, 1.165) is 0 Å². The third-order valence-electron chi connectivity index (χ3n) is 5.04. The van der Waals surface area contributed by atoms with Gasteiger partial charge in [-0.15, -0.1) is 0 Å². The Kier molecular flexibility index (Phi) is 8.76. The van der Waals surface area contributed by atoms with E-state index in [9.17, 15) is 14.4 Å². The number of aryl methyl sites for hydroxylation is 1. The fourth-order valence-electron chi connectivity index (χ4n) is 3.54. The Morgan fingerprint density at radius 2 is 1.69 bits per heavy atom. The Morgan fingerprint density at radius 1 is 1.03 bits per heavy atom. The predicted octanol–water partition coefficient (Wildman–Crippen LogP) is 5.70. The highest BCUT2D eigenvalue weighted by atomic mass is 35.5. The number of nitrogens with zero attached hydrogens (tertiary/aromatic N) is 2. The molecule has 1 atom stereocenters. The zero-order valence-electron chi connectivity index (χ0n) is 20.5.